The van der Waals surface area contributed by atoms with Crippen LogP contribution >= 0.6 is 0 Å². The van der Waals surface area contributed by atoms with Crippen LogP contribution in [0.2, 0.25) is 0 Å². The molecule has 0 aromatic carbocycles. The third kappa shape index (κ3) is 8.39. The number of esters is 1. The van der Waals surface area contributed by atoms with E-state index >= 15 is 0 Å². The van der Waals surface area contributed by atoms with E-state index in [-0.39, 0.29) is 5.97 Å². The highest BCUT2D eigenvalue weighted by Crippen LogP contribution is 1.93. The smallest absolute Gasteiger partial charge is 0.320 e. The minimum absolute atomic E-state index is 0.138. The van der Waals surface area contributed by atoms with Crippen molar-refractivity contribution in [3.05, 3.63) is 0 Å². The van der Waals surface area contributed by atoms with Gasteiger partial charge < -0.3 is 9.47 Å². The van der Waals surface area contributed by atoms with E-state index in [0.717, 1.165) is 25.9 Å². The predicted molar refractivity (Wildman–Crippen MR) is 59.9 cm³/mol. The molecule has 0 amide bonds. The lowest BCUT2D eigenvalue weighted by atomic mass is 10.4. The average molecular weight is 217 g/mol. The molecule has 0 saturated carbocycles. The zero-order valence-corrected chi connectivity index (χ0v) is 10.1. The van der Waals surface area contributed by atoms with Crippen molar-refractivity contribution < 1.29 is 14.3 Å². The number of carbonyl (C=O) groups excluding carboxylic acids is 1. The number of rotatable bonds is 9. The first-order valence-corrected chi connectivity index (χ1v) is 5.61. The number of nitrogens with zero attached hydrogens (tertiary/aromatic N) is 1. The Morgan fingerprint density at radius 2 is 2.00 bits per heavy atom. The SMILES string of the molecule is CCCCOC(=O)CN(CC)CCOC. The zero-order chi connectivity index (χ0) is 11.5. The summed E-state index contributed by atoms with van der Waals surface area (Å²) < 4.78 is 10.0. The number of methoxy groups -OCH3 is 1. The molecule has 0 aliphatic carbocycles. The predicted octanol–water partition coefficient (Wildman–Crippen LogP) is 1.30. The summed E-state index contributed by atoms with van der Waals surface area (Å²) >= 11 is 0. The Bertz CT molecular complexity index is 162. The normalized spacial score (nSPS) is 10.7. The Morgan fingerprint density at radius 1 is 1.27 bits per heavy atom. The fraction of sp³-hybridized carbons (Fsp3) is 0.909. The highest BCUT2D eigenvalue weighted by molar-refractivity contribution is 5.71. The second-order valence-electron chi connectivity index (χ2n) is 3.44. The van der Waals surface area contributed by atoms with Crippen LogP contribution in [0.4, 0.5) is 0 Å². The van der Waals surface area contributed by atoms with Crippen LogP contribution in [0.3, 0.4) is 0 Å². The molecule has 0 fully saturated rings. The van der Waals surface area contributed by atoms with E-state index in [9.17, 15) is 4.79 Å². The number of unbranched alkanes of at least 4 members (excludes halogenated alkanes) is 1. The molecule has 15 heavy (non-hydrogen) atoms. The first-order valence-electron chi connectivity index (χ1n) is 5.61. The first-order chi connectivity index (χ1) is 7.24. The molecule has 0 bridgehead atoms. The maximum Gasteiger partial charge on any atom is 0.320 e. The van der Waals surface area contributed by atoms with E-state index < -0.39 is 0 Å². The summed E-state index contributed by atoms with van der Waals surface area (Å²) in [6, 6.07) is 0. The van der Waals surface area contributed by atoms with Gasteiger partial charge >= 0.3 is 5.97 Å². The monoisotopic (exact) mass is 217 g/mol. The van der Waals surface area contributed by atoms with Gasteiger partial charge in [-0.15, -0.1) is 0 Å². The van der Waals surface area contributed by atoms with Gasteiger partial charge in [0.15, 0.2) is 0 Å². The van der Waals surface area contributed by atoms with Crippen molar-refractivity contribution in [1.29, 1.82) is 0 Å². The molecule has 0 aromatic heterocycles. The molecule has 0 aromatic rings. The van der Waals surface area contributed by atoms with E-state index in [2.05, 4.69) is 6.92 Å². The van der Waals surface area contributed by atoms with Crippen LogP contribution in [0.1, 0.15) is 26.7 Å². The van der Waals surface area contributed by atoms with Crippen LogP contribution in [-0.2, 0) is 14.3 Å². The Labute approximate surface area is 92.5 Å². The summed E-state index contributed by atoms with van der Waals surface area (Å²) in [5.41, 5.74) is 0. The fourth-order valence-corrected chi connectivity index (χ4v) is 1.13. The molecule has 4 heteroatoms. The van der Waals surface area contributed by atoms with Crippen LogP contribution in [0, 0.1) is 0 Å². The molecular formula is C11H23NO3. The Hall–Kier alpha value is -0.610. The summed E-state index contributed by atoms with van der Waals surface area (Å²) in [5, 5.41) is 0. The number of likely N-dealkylation sites (N-methyl/N-ethyl adjacent to an activating group) is 1. The van der Waals surface area contributed by atoms with Gasteiger partial charge in [-0.25, -0.2) is 0 Å². The summed E-state index contributed by atoms with van der Waals surface area (Å²) in [4.78, 5) is 13.4. The Morgan fingerprint density at radius 3 is 2.53 bits per heavy atom. The summed E-state index contributed by atoms with van der Waals surface area (Å²) in [6.07, 6.45) is 1.99. The third-order valence-electron chi connectivity index (χ3n) is 2.17. The van der Waals surface area contributed by atoms with Crippen molar-refractivity contribution in [3.63, 3.8) is 0 Å². The van der Waals surface area contributed by atoms with Gasteiger partial charge in [0.1, 0.15) is 0 Å². The zero-order valence-electron chi connectivity index (χ0n) is 10.1. The largest absolute Gasteiger partial charge is 0.465 e. The maximum absolute atomic E-state index is 11.3. The number of hydrogen-bond acceptors (Lipinski definition) is 4. The van der Waals surface area contributed by atoms with Crippen molar-refractivity contribution in [2.45, 2.75) is 26.7 Å². The van der Waals surface area contributed by atoms with Gasteiger partial charge in [0, 0.05) is 13.7 Å². The minimum Gasteiger partial charge on any atom is -0.465 e. The van der Waals surface area contributed by atoms with Gasteiger partial charge in [0.25, 0.3) is 0 Å². The maximum atomic E-state index is 11.3. The molecule has 0 aliphatic heterocycles. The summed E-state index contributed by atoms with van der Waals surface area (Å²) in [7, 11) is 1.66. The quantitative estimate of drug-likeness (QED) is 0.431. The van der Waals surface area contributed by atoms with Crippen molar-refractivity contribution in [2.75, 3.05) is 40.0 Å². The molecule has 0 unspecified atom stereocenters. The minimum atomic E-state index is -0.138. The van der Waals surface area contributed by atoms with E-state index in [1.165, 1.54) is 0 Å². The Kier molecular flexibility index (Phi) is 9.52. The van der Waals surface area contributed by atoms with Crippen LogP contribution in [0.15, 0.2) is 0 Å². The highest BCUT2D eigenvalue weighted by Gasteiger charge is 2.09. The average Bonchev–Trinajstić information content (AvgIpc) is 2.24. The van der Waals surface area contributed by atoms with Crippen molar-refractivity contribution >= 4 is 5.97 Å². The van der Waals surface area contributed by atoms with Crippen LogP contribution in [-0.4, -0.2) is 50.8 Å². The molecule has 0 N–H and O–H groups in total. The summed E-state index contributed by atoms with van der Waals surface area (Å²) in [6.45, 7) is 7.26. The second kappa shape index (κ2) is 9.93. The number of hydrogen-bond donors (Lipinski definition) is 0. The van der Waals surface area contributed by atoms with E-state index in [0.29, 0.717) is 19.8 Å². The molecule has 90 valence electrons. The molecule has 0 rings (SSSR count). The van der Waals surface area contributed by atoms with E-state index in [1.807, 2.05) is 11.8 Å². The molecule has 0 saturated heterocycles. The van der Waals surface area contributed by atoms with Crippen molar-refractivity contribution in [1.82, 2.24) is 4.90 Å². The topological polar surface area (TPSA) is 38.8 Å². The van der Waals surface area contributed by atoms with Gasteiger partial charge in [0.2, 0.25) is 0 Å². The van der Waals surface area contributed by atoms with E-state index in [1.54, 1.807) is 7.11 Å². The number of carbonyl (C=O) groups is 1. The van der Waals surface area contributed by atoms with Crippen molar-refractivity contribution in [2.24, 2.45) is 0 Å². The molecule has 4 nitrogen and oxygen atoms in total. The molecule has 0 spiro atoms. The lowest BCUT2D eigenvalue weighted by molar-refractivity contribution is -0.145. The van der Waals surface area contributed by atoms with Gasteiger partial charge in [-0.1, -0.05) is 20.3 Å². The van der Waals surface area contributed by atoms with Crippen LogP contribution in [0.5, 0.6) is 0 Å². The lowest BCUT2D eigenvalue weighted by Gasteiger charge is -2.18. The highest BCUT2D eigenvalue weighted by atomic mass is 16.5. The summed E-state index contributed by atoms with van der Waals surface area (Å²) in [5.74, 6) is -0.138. The van der Waals surface area contributed by atoms with E-state index in [4.69, 9.17) is 9.47 Å². The molecular weight excluding hydrogens is 194 g/mol. The van der Waals surface area contributed by atoms with Crippen molar-refractivity contribution in [3.8, 4) is 0 Å². The molecule has 0 heterocycles. The van der Waals surface area contributed by atoms with Gasteiger partial charge in [-0.05, 0) is 13.0 Å². The number of ether oxygens (including phenoxy) is 2. The standard InChI is InChI=1S/C11H23NO3/c1-4-6-8-15-11(13)10-12(5-2)7-9-14-3/h4-10H2,1-3H3. The third-order valence-corrected chi connectivity index (χ3v) is 2.17. The molecule has 0 aliphatic rings. The van der Waals surface area contributed by atoms with Crippen LogP contribution in [0.25, 0.3) is 0 Å². The fourth-order valence-electron chi connectivity index (χ4n) is 1.13. The first kappa shape index (κ1) is 14.4. The Balaban J connectivity index is 3.60. The lowest BCUT2D eigenvalue weighted by Crippen LogP contribution is -2.33. The van der Waals surface area contributed by atoms with Gasteiger partial charge in [-0.2, -0.15) is 0 Å². The van der Waals surface area contributed by atoms with Crippen LogP contribution < -0.4 is 0 Å². The molecule has 0 atom stereocenters. The molecule has 0 radical (unpaired) electrons. The van der Waals surface area contributed by atoms with Gasteiger partial charge in [-0.3, -0.25) is 9.69 Å². The second-order valence-corrected chi connectivity index (χ2v) is 3.44. The van der Waals surface area contributed by atoms with Gasteiger partial charge in [0.05, 0.1) is 19.8 Å².